The zero-order valence-electron chi connectivity index (χ0n) is 24.4. The third kappa shape index (κ3) is 9.23. The van der Waals surface area contributed by atoms with Crippen LogP contribution in [0.25, 0.3) is 11.2 Å². The molecule has 2 fully saturated rings. The minimum atomic E-state index is -6.17. The average molecular weight is 814 g/mol. The molecule has 2 saturated heterocycles. The van der Waals surface area contributed by atoms with E-state index in [9.17, 15) is 62.7 Å². The molecular formula is C19H26N6O20P4S. The maximum atomic E-state index is 12.4. The minimum absolute atomic E-state index is 0.100. The fourth-order valence-corrected chi connectivity index (χ4v) is 9.81. The molecule has 5 heterocycles. The number of rotatable bonds is 14. The Bertz CT molecular complexity index is 2110. The van der Waals surface area contributed by atoms with Gasteiger partial charge in [0.2, 0.25) is 0 Å². The summed E-state index contributed by atoms with van der Waals surface area (Å²) in [6.45, 7) is -2.12. The van der Waals surface area contributed by atoms with Crippen LogP contribution < -0.4 is 11.2 Å². The number of phosphoric ester groups is 2. The quantitative estimate of drug-likeness (QED) is 0.0681. The molecule has 3 aromatic rings. The Labute approximate surface area is 281 Å². The lowest BCUT2D eigenvalue weighted by Gasteiger charge is -2.21. The fourth-order valence-electron chi connectivity index (χ4n) is 4.66. The molecule has 5 rings (SSSR count). The van der Waals surface area contributed by atoms with E-state index in [-0.39, 0.29) is 22.2 Å². The van der Waals surface area contributed by atoms with Crippen molar-refractivity contribution in [2.45, 2.75) is 49.4 Å². The summed E-state index contributed by atoms with van der Waals surface area (Å²) in [6, 6.07) is 0.982. The molecule has 2 aliphatic heterocycles. The number of hydrogen-bond acceptors (Lipinski definition) is 19. The van der Waals surface area contributed by atoms with Crippen molar-refractivity contribution in [2.24, 2.45) is 0 Å². The SMILES string of the molecule is O=c1ccn([C@H]2C[C@H](O)[C@@H](COP(=O)(O)OP(=O)(O)OP(=O)(O)OP(=O)(O)OC[C@H]3O[C@@H](n4cnc5c(=S)nc[nH]c54)[C@H](O)[C@@H]3O)O2)c(=O)[nH]1. The topological polar surface area (TPSA) is 376 Å². The van der Waals surface area contributed by atoms with Crippen LogP contribution in [0, 0.1) is 4.64 Å². The molecule has 4 unspecified atom stereocenters. The molecule has 50 heavy (non-hydrogen) atoms. The van der Waals surface area contributed by atoms with Gasteiger partial charge in [0.25, 0.3) is 5.56 Å². The molecule has 0 aliphatic carbocycles. The van der Waals surface area contributed by atoms with Crippen molar-refractivity contribution in [2.75, 3.05) is 13.2 Å². The van der Waals surface area contributed by atoms with Crippen molar-refractivity contribution in [1.82, 2.24) is 29.1 Å². The summed E-state index contributed by atoms with van der Waals surface area (Å²) in [5, 5.41) is 31.0. The number of hydrogen-bond donors (Lipinski definition) is 9. The van der Waals surface area contributed by atoms with Gasteiger partial charge in [-0.25, -0.2) is 33.0 Å². The molecule has 11 atom stereocenters. The Morgan fingerprint density at radius 1 is 0.860 bits per heavy atom. The molecule has 26 nitrogen and oxygen atoms in total. The van der Waals surface area contributed by atoms with Crippen LogP contribution in [-0.4, -0.2) is 108 Å². The number of aliphatic hydroxyl groups is 3. The predicted octanol–water partition coefficient (Wildman–Crippen LogP) is -1.21. The van der Waals surface area contributed by atoms with Crippen LogP contribution in [0.15, 0.2) is 34.5 Å². The lowest BCUT2D eigenvalue weighted by Crippen LogP contribution is -2.33. The number of phosphoric acid groups is 4. The molecule has 9 N–H and O–H groups in total. The Hall–Kier alpha value is -2.19. The first-order chi connectivity index (χ1) is 23.2. The van der Waals surface area contributed by atoms with Gasteiger partial charge in [-0.15, -0.1) is 0 Å². The van der Waals surface area contributed by atoms with E-state index in [0.717, 1.165) is 16.8 Å². The highest BCUT2D eigenvalue weighted by Crippen LogP contribution is 2.71. The average Bonchev–Trinajstić information content (AvgIpc) is 3.65. The van der Waals surface area contributed by atoms with Crippen LogP contribution in [0.5, 0.6) is 0 Å². The summed E-state index contributed by atoms with van der Waals surface area (Å²) in [4.78, 5) is 75.1. The molecule has 0 aromatic carbocycles. The highest BCUT2D eigenvalue weighted by molar-refractivity contribution is 7.71. The van der Waals surface area contributed by atoms with E-state index in [4.69, 9.17) is 21.7 Å². The summed E-state index contributed by atoms with van der Waals surface area (Å²) in [6.07, 6.45) is -7.25. The summed E-state index contributed by atoms with van der Waals surface area (Å²) >= 11 is 5.05. The highest BCUT2D eigenvalue weighted by atomic mass is 32.1. The molecule has 0 spiro atoms. The van der Waals surface area contributed by atoms with Gasteiger partial charge >= 0.3 is 37.0 Å². The van der Waals surface area contributed by atoms with Gasteiger partial charge in [-0.3, -0.25) is 28.0 Å². The summed E-state index contributed by atoms with van der Waals surface area (Å²) in [7, 11) is -23.8. The van der Waals surface area contributed by atoms with Crippen molar-refractivity contribution in [3.8, 4) is 0 Å². The third-order valence-electron chi connectivity index (χ3n) is 6.78. The van der Waals surface area contributed by atoms with Crippen LogP contribution >= 0.6 is 43.5 Å². The van der Waals surface area contributed by atoms with E-state index >= 15 is 0 Å². The Balaban J connectivity index is 1.13. The first kappa shape index (κ1) is 39.0. The molecular weight excluding hydrogens is 788 g/mol. The Kier molecular flexibility index (Phi) is 11.5. The van der Waals surface area contributed by atoms with Gasteiger partial charge in [-0.05, 0) is 0 Å². The Morgan fingerprint density at radius 3 is 2.08 bits per heavy atom. The number of aromatic nitrogens is 6. The number of aromatic amines is 2. The van der Waals surface area contributed by atoms with Crippen molar-refractivity contribution in [3.63, 3.8) is 0 Å². The number of fused-ring (bicyclic) bond motifs is 1. The largest absolute Gasteiger partial charge is 0.490 e. The van der Waals surface area contributed by atoms with Gasteiger partial charge in [0.1, 0.15) is 41.8 Å². The smallest absolute Gasteiger partial charge is 0.390 e. The van der Waals surface area contributed by atoms with Crippen molar-refractivity contribution in [1.29, 1.82) is 0 Å². The second-order valence-electron chi connectivity index (χ2n) is 10.3. The minimum Gasteiger partial charge on any atom is -0.390 e. The lowest BCUT2D eigenvalue weighted by molar-refractivity contribution is -0.0503. The summed E-state index contributed by atoms with van der Waals surface area (Å²) in [5.41, 5.74) is -1.18. The number of nitrogens with one attached hydrogen (secondary N) is 2. The molecule has 0 saturated carbocycles. The molecule has 2 aliphatic rings. The monoisotopic (exact) mass is 814 g/mol. The van der Waals surface area contributed by atoms with E-state index in [0.29, 0.717) is 0 Å². The van der Waals surface area contributed by atoms with E-state index in [1.807, 2.05) is 4.98 Å². The van der Waals surface area contributed by atoms with Crippen LogP contribution in [0.1, 0.15) is 18.9 Å². The fraction of sp³-hybridized carbons (Fsp3) is 0.526. The van der Waals surface area contributed by atoms with Crippen molar-refractivity contribution >= 4 is 54.7 Å². The number of H-pyrrole nitrogens is 2. The standard InChI is InChI=1S/C19H26N6O20P4S/c26-8-3-12(24-2-1-11(27)23-19(24)30)41-9(8)4-39-46(31,32)43-48(35,36)45-49(37,38)44-47(33,34)40-5-10-14(28)15(29)18(42-10)25-7-22-13-16(25)20-6-21-17(13)50/h1-2,6-10,12,14-15,18,26,28-29H,3-5H2,(H,31,32)(H,33,34)(H,35,36)(H,37,38)(H,20,21,50)(H,23,27,30)/t8-,9+,10+,12+,14+,15+,18+/m0/s1. The number of nitrogens with zero attached hydrogens (tertiary/aromatic N) is 4. The Morgan fingerprint density at radius 2 is 1.46 bits per heavy atom. The van der Waals surface area contributed by atoms with Gasteiger partial charge in [0.05, 0.1) is 32.0 Å². The molecule has 278 valence electrons. The molecule has 3 aromatic heterocycles. The second-order valence-corrected chi connectivity index (χ2v) is 16.9. The predicted molar refractivity (Wildman–Crippen MR) is 159 cm³/mol. The van der Waals surface area contributed by atoms with E-state index in [2.05, 4.69) is 36.9 Å². The maximum absolute atomic E-state index is 12.4. The van der Waals surface area contributed by atoms with E-state index in [1.54, 1.807) is 0 Å². The van der Waals surface area contributed by atoms with Gasteiger partial charge in [-0.2, -0.15) is 12.9 Å². The van der Waals surface area contributed by atoms with E-state index < -0.39 is 98.7 Å². The molecule has 0 radical (unpaired) electrons. The van der Waals surface area contributed by atoms with E-state index in [1.165, 1.54) is 17.2 Å². The van der Waals surface area contributed by atoms with Gasteiger partial charge in [-0.1, -0.05) is 12.2 Å². The zero-order valence-corrected chi connectivity index (χ0v) is 28.8. The molecule has 0 amide bonds. The third-order valence-corrected chi connectivity index (χ3v) is 13.0. The number of ether oxygens (including phenoxy) is 2. The maximum Gasteiger partial charge on any atom is 0.490 e. The normalized spacial score (nSPS) is 30.4. The van der Waals surface area contributed by atoms with Crippen LogP contribution in [0.3, 0.4) is 0 Å². The van der Waals surface area contributed by atoms with Crippen molar-refractivity contribution in [3.05, 3.63) is 50.4 Å². The van der Waals surface area contributed by atoms with Crippen LogP contribution in [0.4, 0.5) is 0 Å². The van der Waals surface area contributed by atoms with Gasteiger partial charge < -0.3 is 49.4 Å². The van der Waals surface area contributed by atoms with Crippen LogP contribution in [-0.2, 0) is 49.7 Å². The van der Waals surface area contributed by atoms with Crippen LogP contribution in [0.2, 0.25) is 0 Å². The first-order valence-corrected chi connectivity index (χ1v) is 19.9. The first-order valence-electron chi connectivity index (χ1n) is 13.5. The number of aliphatic hydroxyl groups excluding tert-OH is 3. The second kappa shape index (κ2) is 14.7. The van der Waals surface area contributed by atoms with Crippen molar-refractivity contribution < 1.29 is 84.6 Å². The summed E-state index contributed by atoms with van der Waals surface area (Å²) < 4.78 is 82.7. The number of imidazole rings is 1. The van der Waals surface area contributed by atoms with Gasteiger partial charge in [0, 0.05) is 18.7 Å². The highest BCUT2D eigenvalue weighted by Gasteiger charge is 2.49. The van der Waals surface area contributed by atoms with Gasteiger partial charge in [0.15, 0.2) is 10.9 Å². The zero-order chi connectivity index (χ0) is 36.8. The lowest BCUT2D eigenvalue weighted by atomic mass is 10.1. The molecule has 31 heteroatoms. The summed E-state index contributed by atoms with van der Waals surface area (Å²) in [5.74, 6) is 0. The molecule has 0 bridgehead atoms.